The number of carbonyl (C=O) groups excluding carboxylic acids is 1. The maximum Gasteiger partial charge on any atom is 0.326 e. The highest BCUT2D eigenvalue weighted by Gasteiger charge is 2.30. The minimum atomic E-state index is -3.64. The van der Waals surface area contributed by atoms with Crippen LogP contribution in [0.2, 0.25) is 0 Å². The molecule has 20 heavy (non-hydrogen) atoms. The van der Waals surface area contributed by atoms with Gasteiger partial charge in [0, 0.05) is 6.54 Å². The molecule has 8 nitrogen and oxygen atoms in total. The Bertz CT molecular complexity index is 445. The van der Waals surface area contributed by atoms with E-state index >= 15 is 0 Å². The number of amides is 2. The number of nitrogens with one attached hydrogen (secondary N) is 2. The fraction of sp³-hybridized carbons (Fsp3) is 0.818. The van der Waals surface area contributed by atoms with Gasteiger partial charge in [-0.25, -0.2) is 23.1 Å². The first-order chi connectivity index (χ1) is 9.29. The van der Waals surface area contributed by atoms with E-state index in [2.05, 4.69) is 10.6 Å². The Morgan fingerprint density at radius 3 is 2.35 bits per heavy atom. The fourth-order valence-electron chi connectivity index (χ4n) is 2.35. The average molecular weight is 307 g/mol. The zero-order valence-corrected chi connectivity index (χ0v) is 12.0. The average Bonchev–Trinajstić information content (AvgIpc) is 2.35. The molecule has 116 valence electrons. The first-order valence-electron chi connectivity index (χ1n) is 6.57. The normalized spacial score (nSPS) is 18.2. The van der Waals surface area contributed by atoms with Crippen molar-refractivity contribution in [2.45, 2.75) is 38.1 Å². The molecular weight excluding hydrogens is 286 g/mol. The van der Waals surface area contributed by atoms with Crippen molar-refractivity contribution in [1.82, 2.24) is 10.6 Å². The van der Waals surface area contributed by atoms with E-state index in [4.69, 9.17) is 5.14 Å². The van der Waals surface area contributed by atoms with Crippen molar-refractivity contribution in [2.75, 3.05) is 12.3 Å². The quantitative estimate of drug-likeness (QED) is 0.529. The second-order valence-corrected chi connectivity index (χ2v) is 6.72. The Balaban J connectivity index is 2.44. The second kappa shape index (κ2) is 7.44. The molecule has 0 bridgehead atoms. The van der Waals surface area contributed by atoms with Crippen molar-refractivity contribution in [3.8, 4) is 0 Å². The van der Waals surface area contributed by atoms with Crippen molar-refractivity contribution in [1.29, 1.82) is 0 Å². The number of urea groups is 1. The van der Waals surface area contributed by atoms with Crippen LogP contribution in [0.3, 0.4) is 0 Å². The lowest BCUT2D eigenvalue weighted by Gasteiger charge is -2.28. The van der Waals surface area contributed by atoms with Crippen LogP contribution in [0.1, 0.15) is 32.1 Å². The van der Waals surface area contributed by atoms with E-state index in [0.29, 0.717) is 0 Å². The summed E-state index contributed by atoms with van der Waals surface area (Å²) < 4.78 is 21.4. The van der Waals surface area contributed by atoms with Gasteiger partial charge in [-0.3, -0.25) is 0 Å². The fourth-order valence-corrected chi connectivity index (χ4v) is 2.73. The predicted molar refractivity (Wildman–Crippen MR) is 72.5 cm³/mol. The monoisotopic (exact) mass is 307 g/mol. The highest BCUT2D eigenvalue weighted by molar-refractivity contribution is 7.89. The van der Waals surface area contributed by atoms with Crippen molar-refractivity contribution in [3.05, 3.63) is 0 Å². The minimum absolute atomic E-state index is 0.0785. The number of carboxylic acid groups (broad SMARTS) is 1. The molecule has 0 aromatic rings. The first-order valence-corrected chi connectivity index (χ1v) is 8.29. The lowest BCUT2D eigenvalue weighted by molar-refractivity contribution is -0.141. The maximum absolute atomic E-state index is 11.6. The maximum atomic E-state index is 11.6. The summed E-state index contributed by atoms with van der Waals surface area (Å²) in [6.07, 6.45) is 4.55. The molecule has 0 aromatic heterocycles. The van der Waals surface area contributed by atoms with Crippen molar-refractivity contribution in [2.24, 2.45) is 11.1 Å². The summed E-state index contributed by atoms with van der Waals surface area (Å²) in [5, 5.41) is 18.6. The summed E-state index contributed by atoms with van der Waals surface area (Å²) in [7, 11) is -3.64. The molecule has 1 fully saturated rings. The number of primary sulfonamides is 1. The van der Waals surface area contributed by atoms with Gasteiger partial charge in [0.25, 0.3) is 0 Å². The second-order valence-electron chi connectivity index (χ2n) is 4.98. The smallest absolute Gasteiger partial charge is 0.326 e. The topological polar surface area (TPSA) is 139 Å². The van der Waals surface area contributed by atoms with E-state index in [9.17, 15) is 23.1 Å². The lowest BCUT2D eigenvalue weighted by Crippen LogP contribution is -2.50. The van der Waals surface area contributed by atoms with Crippen LogP contribution >= 0.6 is 0 Å². The molecule has 2 amide bonds. The van der Waals surface area contributed by atoms with E-state index in [-0.39, 0.29) is 18.2 Å². The summed E-state index contributed by atoms with van der Waals surface area (Å²) in [4.78, 5) is 22.8. The standard InChI is InChI=1S/C11H21N3O5S/c12-20(18,19)7-6-13-11(17)14-9(10(15)16)8-4-2-1-3-5-8/h8-9H,1-7H2,(H,15,16)(H2,12,18,19)(H2,13,14,17). The van der Waals surface area contributed by atoms with E-state index in [1.165, 1.54) is 0 Å². The van der Waals surface area contributed by atoms with E-state index in [1.54, 1.807) is 0 Å². The van der Waals surface area contributed by atoms with Crippen molar-refractivity contribution < 1.29 is 23.1 Å². The van der Waals surface area contributed by atoms with Crippen LogP contribution in [0.15, 0.2) is 0 Å². The number of aliphatic carboxylic acids is 1. The molecule has 1 rings (SSSR count). The highest BCUT2D eigenvalue weighted by atomic mass is 32.2. The van der Waals surface area contributed by atoms with E-state index < -0.39 is 28.1 Å². The van der Waals surface area contributed by atoms with Gasteiger partial charge in [-0.2, -0.15) is 0 Å². The van der Waals surface area contributed by atoms with Gasteiger partial charge in [0.15, 0.2) is 0 Å². The van der Waals surface area contributed by atoms with Crippen LogP contribution in [0.5, 0.6) is 0 Å². The van der Waals surface area contributed by atoms with Crippen LogP contribution in [-0.4, -0.2) is 43.9 Å². The lowest BCUT2D eigenvalue weighted by atomic mass is 9.84. The molecule has 1 aliphatic carbocycles. The van der Waals surface area contributed by atoms with Gasteiger partial charge < -0.3 is 15.7 Å². The largest absolute Gasteiger partial charge is 0.480 e. The summed E-state index contributed by atoms with van der Waals surface area (Å²) in [6.45, 7) is -0.151. The van der Waals surface area contributed by atoms with Crippen molar-refractivity contribution >= 4 is 22.0 Å². The molecule has 1 unspecified atom stereocenters. The van der Waals surface area contributed by atoms with Gasteiger partial charge >= 0.3 is 12.0 Å². The molecule has 1 atom stereocenters. The van der Waals surface area contributed by atoms with Crippen LogP contribution in [0.25, 0.3) is 0 Å². The predicted octanol–water partition coefficient (Wildman–Crippen LogP) is -0.392. The third-order valence-corrected chi connectivity index (χ3v) is 4.12. The highest BCUT2D eigenvalue weighted by Crippen LogP contribution is 2.26. The molecule has 1 saturated carbocycles. The molecule has 0 saturated heterocycles. The van der Waals surface area contributed by atoms with Gasteiger partial charge in [0.05, 0.1) is 5.75 Å². The van der Waals surface area contributed by atoms with Gasteiger partial charge in [-0.1, -0.05) is 19.3 Å². The van der Waals surface area contributed by atoms with E-state index in [0.717, 1.165) is 32.1 Å². The van der Waals surface area contributed by atoms with Gasteiger partial charge in [0.2, 0.25) is 10.0 Å². The molecule has 0 aliphatic heterocycles. The van der Waals surface area contributed by atoms with Crippen LogP contribution in [-0.2, 0) is 14.8 Å². The summed E-state index contributed by atoms with van der Waals surface area (Å²) >= 11 is 0. The Morgan fingerprint density at radius 1 is 1.25 bits per heavy atom. The number of hydrogen-bond donors (Lipinski definition) is 4. The zero-order valence-electron chi connectivity index (χ0n) is 11.2. The summed E-state index contributed by atoms with van der Waals surface area (Å²) in [6, 6.07) is -1.63. The third kappa shape index (κ3) is 6.20. The number of nitrogens with two attached hydrogens (primary N) is 1. The SMILES string of the molecule is NS(=O)(=O)CCNC(=O)NC(C(=O)O)C1CCCCC1. The van der Waals surface area contributed by atoms with Crippen molar-refractivity contribution in [3.63, 3.8) is 0 Å². The number of sulfonamides is 1. The molecular formula is C11H21N3O5S. The number of hydrogen-bond acceptors (Lipinski definition) is 4. The summed E-state index contributed by atoms with van der Waals surface area (Å²) in [5.74, 6) is -1.54. The van der Waals surface area contributed by atoms with Gasteiger partial charge in [-0.15, -0.1) is 0 Å². The van der Waals surface area contributed by atoms with Crippen LogP contribution in [0, 0.1) is 5.92 Å². The Labute approximate surface area is 118 Å². The number of carbonyl (C=O) groups is 2. The minimum Gasteiger partial charge on any atom is -0.480 e. The number of rotatable bonds is 6. The molecule has 1 aliphatic rings. The Morgan fingerprint density at radius 2 is 1.85 bits per heavy atom. The number of carboxylic acids is 1. The Kier molecular flexibility index (Phi) is 6.21. The third-order valence-electron chi connectivity index (χ3n) is 3.35. The van der Waals surface area contributed by atoms with E-state index in [1.807, 2.05) is 0 Å². The summed E-state index contributed by atoms with van der Waals surface area (Å²) in [5.41, 5.74) is 0. The molecule has 9 heteroatoms. The molecule has 0 aromatic carbocycles. The zero-order chi connectivity index (χ0) is 15.2. The first kappa shape index (κ1) is 16.7. The van der Waals surface area contributed by atoms with Crippen LogP contribution < -0.4 is 15.8 Å². The molecule has 0 heterocycles. The molecule has 0 spiro atoms. The van der Waals surface area contributed by atoms with Gasteiger partial charge in [-0.05, 0) is 18.8 Å². The molecule has 0 radical (unpaired) electrons. The molecule has 5 N–H and O–H groups in total. The van der Waals surface area contributed by atoms with Crippen LogP contribution in [0.4, 0.5) is 4.79 Å². The Hall–Kier alpha value is -1.35. The van der Waals surface area contributed by atoms with Gasteiger partial charge in [0.1, 0.15) is 6.04 Å².